The maximum atomic E-state index is 13.7. The Labute approximate surface area is 145 Å². The summed E-state index contributed by atoms with van der Waals surface area (Å²) in [6.45, 7) is 0.126. The summed E-state index contributed by atoms with van der Waals surface area (Å²) >= 11 is 1.21. The molecule has 9 heteroatoms. The van der Waals surface area contributed by atoms with Crippen molar-refractivity contribution < 1.29 is 18.1 Å². The van der Waals surface area contributed by atoms with Crippen molar-refractivity contribution in [1.29, 1.82) is 0 Å². The summed E-state index contributed by atoms with van der Waals surface area (Å²) in [5.74, 6) is -1.33. The number of aromatic nitrogens is 3. The minimum absolute atomic E-state index is 0.100. The molecule has 0 aliphatic heterocycles. The van der Waals surface area contributed by atoms with Crippen molar-refractivity contribution >= 4 is 17.7 Å². The van der Waals surface area contributed by atoms with Gasteiger partial charge in [-0.05, 0) is 18.2 Å². The molecule has 0 saturated carbocycles. The summed E-state index contributed by atoms with van der Waals surface area (Å²) in [5, 5.41) is 6.94. The summed E-state index contributed by atoms with van der Waals surface area (Å²) in [6, 6.07) is 6.35. The van der Waals surface area contributed by atoms with Gasteiger partial charge < -0.3 is 9.84 Å². The molecule has 0 aliphatic carbocycles. The summed E-state index contributed by atoms with van der Waals surface area (Å²) in [4.78, 5) is 19.8. The van der Waals surface area contributed by atoms with Crippen LogP contribution < -0.4 is 5.32 Å². The first kappa shape index (κ1) is 17.0. The first-order valence-electron chi connectivity index (χ1n) is 7.19. The van der Waals surface area contributed by atoms with Gasteiger partial charge in [-0.25, -0.2) is 18.7 Å². The lowest BCUT2D eigenvalue weighted by molar-refractivity contribution is -0.118. The Balaban J connectivity index is 1.54. The maximum Gasteiger partial charge on any atom is 0.230 e. The highest BCUT2D eigenvalue weighted by atomic mass is 32.2. The fourth-order valence-electron chi connectivity index (χ4n) is 1.94. The molecule has 0 unspecified atom stereocenters. The molecule has 6 nitrogen and oxygen atoms in total. The van der Waals surface area contributed by atoms with Gasteiger partial charge in [-0.15, -0.1) is 0 Å². The molecule has 25 heavy (non-hydrogen) atoms. The number of nitrogens with zero attached hydrogens (tertiary/aromatic N) is 3. The number of hydrogen-bond donors (Lipinski definition) is 1. The summed E-state index contributed by atoms with van der Waals surface area (Å²) in [5.41, 5.74) is 0.524. The van der Waals surface area contributed by atoms with E-state index in [1.807, 2.05) is 0 Å². The van der Waals surface area contributed by atoms with Crippen molar-refractivity contribution in [3.63, 3.8) is 0 Å². The van der Waals surface area contributed by atoms with Gasteiger partial charge in [0, 0.05) is 24.5 Å². The number of halogens is 2. The molecule has 0 saturated heterocycles. The van der Waals surface area contributed by atoms with Crippen molar-refractivity contribution in [2.45, 2.75) is 11.7 Å². The second-order valence-electron chi connectivity index (χ2n) is 4.90. The molecule has 3 aromatic rings. The average molecular weight is 362 g/mol. The SMILES string of the molecule is O=C(CSc1ncccn1)NCc1cc(-c2ccc(F)cc2F)on1. The third-order valence-electron chi connectivity index (χ3n) is 3.10. The van der Waals surface area contributed by atoms with Crippen LogP contribution in [0.3, 0.4) is 0 Å². The summed E-state index contributed by atoms with van der Waals surface area (Å²) in [6.07, 6.45) is 3.19. The number of benzene rings is 1. The predicted octanol–water partition coefficient (Wildman–Crippen LogP) is 2.82. The van der Waals surface area contributed by atoms with Crippen LogP contribution in [-0.2, 0) is 11.3 Å². The quantitative estimate of drug-likeness (QED) is 0.536. The number of rotatable bonds is 6. The summed E-state index contributed by atoms with van der Waals surface area (Å²) < 4.78 is 31.7. The Morgan fingerprint density at radius 3 is 2.76 bits per heavy atom. The van der Waals surface area contributed by atoms with E-state index in [0.717, 1.165) is 12.1 Å². The molecule has 0 spiro atoms. The normalized spacial score (nSPS) is 10.6. The zero-order chi connectivity index (χ0) is 17.6. The van der Waals surface area contributed by atoms with Gasteiger partial charge >= 0.3 is 0 Å². The van der Waals surface area contributed by atoms with Gasteiger partial charge in [0.25, 0.3) is 0 Å². The van der Waals surface area contributed by atoms with Crippen LogP contribution in [0.25, 0.3) is 11.3 Å². The van der Waals surface area contributed by atoms with Crippen molar-refractivity contribution in [3.05, 3.63) is 60.1 Å². The van der Waals surface area contributed by atoms with E-state index in [-0.39, 0.29) is 29.5 Å². The van der Waals surface area contributed by atoms with Crippen molar-refractivity contribution in [2.75, 3.05) is 5.75 Å². The van der Waals surface area contributed by atoms with Crippen LogP contribution in [-0.4, -0.2) is 26.8 Å². The van der Waals surface area contributed by atoms with Crippen molar-refractivity contribution in [2.24, 2.45) is 0 Å². The van der Waals surface area contributed by atoms with E-state index in [1.165, 1.54) is 23.9 Å². The fraction of sp³-hybridized carbons (Fsp3) is 0.125. The molecule has 0 fully saturated rings. The minimum Gasteiger partial charge on any atom is -0.356 e. The molecule has 2 aromatic heterocycles. The molecular formula is C16H12F2N4O2S. The van der Waals surface area contributed by atoms with Gasteiger partial charge in [-0.2, -0.15) is 0 Å². The van der Waals surface area contributed by atoms with Gasteiger partial charge in [0.15, 0.2) is 10.9 Å². The molecule has 0 aliphatic rings. The lowest BCUT2D eigenvalue weighted by Gasteiger charge is -2.01. The highest BCUT2D eigenvalue weighted by molar-refractivity contribution is 7.99. The Hall–Kier alpha value is -2.81. The van der Waals surface area contributed by atoms with Crippen molar-refractivity contribution in [3.8, 4) is 11.3 Å². The van der Waals surface area contributed by atoms with Crippen LogP contribution in [0.15, 0.2) is 52.4 Å². The van der Waals surface area contributed by atoms with Crippen LogP contribution in [0.5, 0.6) is 0 Å². The second-order valence-corrected chi connectivity index (χ2v) is 5.85. The van der Waals surface area contributed by atoms with E-state index < -0.39 is 11.6 Å². The number of carbonyl (C=O) groups excluding carboxylic acids is 1. The molecule has 0 atom stereocenters. The summed E-state index contributed by atoms with van der Waals surface area (Å²) in [7, 11) is 0. The maximum absolute atomic E-state index is 13.7. The topological polar surface area (TPSA) is 80.9 Å². The molecule has 0 bridgehead atoms. The molecule has 1 aromatic carbocycles. The van der Waals surface area contributed by atoms with Crippen LogP contribution in [0.2, 0.25) is 0 Å². The number of thioether (sulfide) groups is 1. The van der Waals surface area contributed by atoms with Crippen LogP contribution in [0, 0.1) is 11.6 Å². The Morgan fingerprint density at radius 1 is 1.20 bits per heavy atom. The average Bonchev–Trinajstić information content (AvgIpc) is 3.08. The van der Waals surface area contributed by atoms with Gasteiger partial charge in [-0.3, -0.25) is 4.79 Å². The number of amides is 1. The van der Waals surface area contributed by atoms with Gasteiger partial charge in [-0.1, -0.05) is 16.9 Å². The Morgan fingerprint density at radius 2 is 2.00 bits per heavy atom. The third kappa shape index (κ3) is 4.60. The predicted molar refractivity (Wildman–Crippen MR) is 86.5 cm³/mol. The molecule has 1 amide bonds. The highest BCUT2D eigenvalue weighted by Crippen LogP contribution is 2.24. The molecule has 128 valence electrons. The molecule has 3 rings (SSSR count). The van der Waals surface area contributed by atoms with Crippen LogP contribution in [0.1, 0.15) is 5.69 Å². The van der Waals surface area contributed by atoms with E-state index in [4.69, 9.17) is 4.52 Å². The number of nitrogens with one attached hydrogen (secondary N) is 1. The standard InChI is InChI=1S/C16H12F2N4O2S/c17-10-2-3-12(13(18)6-10)14-7-11(22-24-14)8-21-15(23)9-25-16-19-4-1-5-20-16/h1-7H,8-9H2,(H,21,23). The van der Waals surface area contributed by atoms with E-state index in [1.54, 1.807) is 18.5 Å². The Bertz CT molecular complexity index is 874. The van der Waals surface area contributed by atoms with Crippen LogP contribution >= 0.6 is 11.8 Å². The molecule has 1 N–H and O–H groups in total. The zero-order valence-corrected chi connectivity index (χ0v) is 13.6. The first-order valence-corrected chi connectivity index (χ1v) is 8.18. The van der Waals surface area contributed by atoms with Gasteiger partial charge in [0.1, 0.15) is 17.3 Å². The van der Waals surface area contributed by atoms with E-state index >= 15 is 0 Å². The minimum atomic E-state index is -0.744. The second kappa shape index (κ2) is 7.84. The first-order chi connectivity index (χ1) is 12.1. The molecule has 2 heterocycles. The fourth-order valence-corrected chi connectivity index (χ4v) is 2.57. The van der Waals surface area contributed by atoms with E-state index in [0.29, 0.717) is 10.9 Å². The monoisotopic (exact) mass is 362 g/mol. The van der Waals surface area contributed by atoms with E-state index in [2.05, 4.69) is 20.4 Å². The Kier molecular flexibility index (Phi) is 5.34. The lowest BCUT2D eigenvalue weighted by atomic mass is 10.1. The van der Waals surface area contributed by atoms with Crippen molar-refractivity contribution in [1.82, 2.24) is 20.4 Å². The van der Waals surface area contributed by atoms with Gasteiger partial charge in [0.05, 0.1) is 17.9 Å². The smallest absolute Gasteiger partial charge is 0.230 e. The highest BCUT2D eigenvalue weighted by Gasteiger charge is 2.13. The number of carbonyl (C=O) groups is 1. The van der Waals surface area contributed by atoms with Crippen LogP contribution in [0.4, 0.5) is 8.78 Å². The van der Waals surface area contributed by atoms with Gasteiger partial charge in [0.2, 0.25) is 5.91 Å². The number of hydrogen-bond acceptors (Lipinski definition) is 6. The molecular weight excluding hydrogens is 350 g/mol. The lowest BCUT2D eigenvalue weighted by Crippen LogP contribution is -2.24. The zero-order valence-electron chi connectivity index (χ0n) is 12.8. The molecule has 0 radical (unpaired) electrons. The largest absolute Gasteiger partial charge is 0.356 e. The van der Waals surface area contributed by atoms with E-state index in [9.17, 15) is 13.6 Å². The third-order valence-corrected chi connectivity index (χ3v) is 3.97.